The lowest BCUT2D eigenvalue weighted by atomic mass is 9.85. The van der Waals surface area contributed by atoms with Crippen molar-refractivity contribution in [2.75, 3.05) is 0 Å². The number of hydrogen-bond donors (Lipinski definition) is 1. The number of hydrogen-bond acceptors (Lipinski definition) is 1. The van der Waals surface area contributed by atoms with Gasteiger partial charge in [-0.05, 0) is 56.2 Å². The van der Waals surface area contributed by atoms with Crippen LogP contribution in [0.4, 0.5) is 0 Å². The topological polar surface area (TPSA) is 37.3 Å². The number of carbonyl (C=O) groups is 1. The molecule has 1 aromatic carbocycles. The Morgan fingerprint density at radius 1 is 1.31 bits per heavy atom. The molecule has 2 heteroatoms. The summed E-state index contributed by atoms with van der Waals surface area (Å²) in [4.78, 5) is 11.1. The van der Waals surface area contributed by atoms with E-state index in [9.17, 15) is 4.79 Å². The first-order valence-corrected chi connectivity index (χ1v) is 5.83. The summed E-state index contributed by atoms with van der Waals surface area (Å²) < 4.78 is 0. The Morgan fingerprint density at radius 3 is 2.69 bits per heavy atom. The molecule has 1 aliphatic carbocycles. The average Bonchev–Trinajstić information content (AvgIpc) is 2.63. The normalized spacial score (nSPS) is 14.9. The predicted octanol–water partition coefficient (Wildman–Crippen LogP) is 2.83. The molecule has 86 valence electrons. The smallest absolute Gasteiger partial charge is 0.309 e. The van der Waals surface area contributed by atoms with Gasteiger partial charge in [-0.1, -0.05) is 18.2 Å². The van der Waals surface area contributed by atoms with Crippen molar-refractivity contribution in [1.82, 2.24) is 0 Å². The van der Waals surface area contributed by atoms with Crippen LogP contribution in [0, 0.1) is 5.41 Å². The number of carboxylic acids is 1. The second-order valence-electron chi connectivity index (χ2n) is 5.32. The summed E-state index contributed by atoms with van der Waals surface area (Å²) in [6.07, 6.45) is 4.17. The van der Waals surface area contributed by atoms with Crippen LogP contribution in [0.25, 0.3) is 0 Å². The van der Waals surface area contributed by atoms with E-state index in [1.165, 1.54) is 24.0 Å². The molecule has 0 saturated carbocycles. The van der Waals surface area contributed by atoms with Gasteiger partial charge in [0.1, 0.15) is 0 Å². The minimum Gasteiger partial charge on any atom is -0.481 e. The first-order valence-electron chi connectivity index (χ1n) is 5.83. The van der Waals surface area contributed by atoms with Crippen LogP contribution in [0.3, 0.4) is 0 Å². The Hall–Kier alpha value is -1.31. The first kappa shape index (κ1) is 11.2. The molecule has 0 atom stereocenters. The summed E-state index contributed by atoms with van der Waals surface area (Å²) >= 11 is 0. The monoisotopic (exact) mass is 218 g/mol. The molecule has 0 aromatic heterocycles. The van der Waals surface area contributed by atoms with Gasteiger partial charge in [0, 0.05) is 0 Å². The van der Waals surface area contributed by atoms with Crippen LogP contribution in [-0.4, -0.2) is 11.1 Å². The molecule has 0 spiro atoms. The van der Waals surface area contributed by atoms with E-state index in [-0.39, 0.29) is 0 Å². The third-order valence-electron chi connectivity index (χ3n) is 3.39. The van der Waals surface area contributed by atoms with Gasteiger partial charge in [0.05, 0.1) is 5.41 Å². The van der Waals surface area contributed by atoms with Crippen LogP contribution in [0.1, 0.15) is 37.0 Å². The largest absolute Gasteiger partial charge is 0.481 e. The summed E-state index contributed by atoms with van der Waals surface area (Å²) in [6, 6.07) is 6.43. The van der Waals surface area contributed by atoms with Crippen molar-refractivity contribution in [3.8, 4) is 0 Å². The van der Waals surface area contributed by atoms with Crippen molar-refractivity contribution in [3.05, 3.63) is 34.9 Å². The van der Waals surface area contributed by atoms with Crippen molar-refractivity contribution < 1.29 is 9.90 Å². The van der Waals surface area contributed by atoms with E-state index >= 15 is 0 Å². The van der Waals surface area contributed by atoms with Gasteiger partial charge in [-0.2, -0.15) is 0 Å². The van der Waals surface area contributed by atoms with Crippen molar-refractivity contribution in [2.45, 2.75) is 39.5 Å². The number of carboxylic acid groups (broad SMARTS) is 1. The van der Waals surface area contributed by atoms with E-state index in [4.69, 9.17) is 5.11 Å². The lowest BCUT2D eigenvalue weighted by Gasteiger charge is -2.19. The zero-order valence-electron chi connectivity index (χ0n) is 9.92. The number of aliphatic carboxylic acids is 1. The molecule has 2 rings (SSSR count). The third kappa shape index (κ3) is 2.11. The standard InChI is InChI=1S/C14H18O2/c1-14(2,13(15)16)9-10-6-7-11-4-3-5-12(11)8-10/h6-8H,3-5,9H2,1-2H3,(H,15,16). The quantitative estimate of drug-likeness (QED) is 0.847. The van der Waals surface area contributed by atoms with E-state index in [2.05, 4.69) is 18.2 Å². The number of rotatable bonds is 3. The molecule has 0 bridgehead atoms. The van der Waals surface area contributed by atoms with Crippen molar-refractivity contribution in [3.63, 3.8) is 0 Å². The Labute approximate surface area is 96.3 Å². The van der Waals surface area contributed by atoms with Crippen molar-refractivity contribution in [1.29, 1.82) is 0 Å². The van der Waals surface area contributed by atoms with Gasteiger partial charge < -0.3 is 5.11 Å². The van der Waals surface area contributed by atoms with Gasteiger partial charge in [0.15, 0.2) is 0 Å². The molecule has 0 radical (unpaired) electrons. The molecular weight excluding hydrogens is 200 g/mol. The zero-order valence-corrected chi connectivity index (χ0v) is 9.92. The molecule has 0 fully saturated rings. The minimum atomic E-state index is -0.729. The molecule has 0 amide bonds. The van der Waals surface area contributed by atoms with Crippen LogP contribution in [0.5, 0.6) is 0 Å². The highest BCUT2D eigenvalue weighted by molar-refractivity contribution is 5.74. The van der Waals surface area contributed by atoms with E-state index in [0.717, 1.165) is 12.0 Å². The molecule has 0 saturated heterocycles. The fraction of sp³-hybridized carbons (Fsp3) is 0.500. The first-order chi connectivity index (χ1) is 7.49. The van der Waals surface area contributed by atoms with E-state index < -0.39 is 11.4 Å². The molecule has 1 N–H and O–H groups in total. The number of benzene rings is 1. The third-order valence-corrected chi connectivity index (χ3v) is 3.39. The van der Waals surface area contributed by atoms with Crippen LogP contribution in [0.2, 0.25) is 0 Å². The SMILES string of the molecule is CC(C)(Cc1ccc2c(c1)CCC2)C(=O)O. The van der Waals surface area contributed by atoms with Crippen LogP contribution in [-0.2, 0) is 24.1 Å². The highest BCUT2D eigenvalue weighted by atomic mass is 16.4. The summed E-state index contributed by atoms with van der Waals surface area (Å²) in [5.74, 6) is -0.729. The van der Waals surface area contributed by atoms with Gasteiger partial charge in [0.2, 0.25) is 0 Å². The van der Waals surface area contributed by atoms with Crippen LogP contribution < -0.4 is 0 Å². The average molecular weight is 218 g/mol. The Morgan fingerprint density at radius 2 is 2.00 bits per heavy atom. The highest BCUT2D eigenvalue weighted by Gasteiger charge is 2.27. The maximum atomic E-state index is 11.1. The van der Waals surface area contributed by atoms with Gasteiger partial charge >= 0.3 is 5.97 Å². The van der Waals surface area contributed by atoms with Gasteiger partial charge in [-0.3, -0.25) is 4.79 Å². The number of aryl methyl sites for hydroxylation is 2. The summed E-state index contributed by atoms with van der Waals surface area (Å²) in [5.41, 5.74) is 3.33. The van der Waals surface area contributed by atoms with Gasteiger partial charge in [-0.25, -0.2) is 0 Å². The predicted molar refractivity (Wildman–Crippen MR) is 63.6 cm³/mol. The lowest BCUT2D eigenvalue weighted by Crippen LogP contribution is -2.26. The second-order valence-corrected chi connectivity index (χ2v) is 5.32. The summed E-state index contributed by atoms with van der Waals surface area (Å²) in [6.45, 7) is 3.56. The lowest BCUT2D eigenvalue weighted by molar-refractivity contribution is -0.146. The molecule has 1 aromatic rings. The van der Waals surface area contributed by atoms with Crippen molar-refractivity contribution in [2.24, 2.45) is 5.41 Å². The Kier molecular flexibility index (Phi) is 2.75. The molecular formula is C14H18O2. The van der Waals surface area contributed by atoms with Gasteiger partial charge in [0.25, 0.3) is 0 Å². The highest BCUT2D eigenvalue weighted by Crippen LogP contribution is 2.27. The van der Waals surface area contributed by atoms with E-state index in [1.54, 1.807) is 13.8 Å². The zero-order chi connectivity index (χ0) is 11.8. The second kappa shape index (κ2) is 3.93. The van der Waals surface area contributed by atoms with Gasteiger partial charge in [-0.15, -0.1) is 0 Å². The summed E-state index contributed by atoms with van der Waals surface area (Å²) in [5, 5.41) is 9.10. The fourth-order valence-electron chi connectivity index (χ4n) is 2.32. The molecule has 0 unspecified atom stereocenters. The van der Waals surface area contributed by atoms with E-state index in [1.807, 2.05) is 0 Å². The molecule has 2 nitrogen and oxygen atoms in total. The molecule has 0 heterocycles. The Bertz CT molecular complexity index is 419. The van der Waals surface area contributed by atoms with E-state index in [0.29, 0.717) is 6.42 Å². The minimum absolute atomic E-state index is 0.607. The molecule has 16 heavy (non-hydrogen) atoms. The summed E-state index contributed by atoms with van der Waals surface area (Å²) in [7, 11) is 0. The number of fused-ring (bicyclic) bond motifs is 1. The molecule has 1 aliphatic rings. The Balaban J connectivity index is 2.20. The maximum Gasteiger partial charge on any atom is 0.309 e. The molecule has 0 aliphatic heterocycles. The fourth-order valence-corrected chi connectivity index (χ4v) is 2.32. The van der Waals surface area contributed by atoms with Crippen LogP contribution in [0.15, 0.2) is 18.2 Å². The van der Waals surface area contributed by atoms with Crippen molar-refractivity contribution >= 4 is 5.97 Å². The van der Waals surface area contributed by atoms with Crippen LogP contribution >= 0.6 is 0 Å². The maximum absolute atomic E-state index is 11.1.